The summed E-state index contributed by atoms with van der Waals surface area (Å²) in [5.41, 5.74) is 1.07. The van der Waals surface area contributed by atoms with Crippen LogP contribution in [-0.4, -0.2) is 28.0 Å². The standard InChI is InChI=1S/C12H18N2OS/c15-16(9-11-3-1-5-13-7-11)10-12-4-2-6-14-8-12/h1,3,5,7,12,14H,2,4,6,8-10H2/t12-,16+/m0/s1. The quantitative estimate of drug-likeness (QED) is 0.860. The highest BCUT2D eigenvalue weighted by Gasteiger charge is 2.15. The first-order chi connectivity index (χ1) is 7.84. The average Bonchev–Trinajstić information content (AvgIpc) is 2.31. The third-order valence-electron chi connectivity index (χ3n) is 2.87. The van der Waals surface area contributed by atoms with Crippen LogP contribution in [0.25, 0.3) is 0 Å². The molecule has 1 N–H and O–H groups in total. The van der Waals surface area contributed by atoms with E-state index in [0.29, 0.717) is 11.7 Å². The molecule has 3 nitrogen and oxygen atoms in total. The molecule has 4 heteroatoms. The fourth-order valence-electron chi connectivity index (χ4n) is 2.06. The van der Waals surface area contributed by atoms with Gasteiger partial charge in [0.2, 0.25) is 0 Å². The van der Waals surface area contributed by atoms with Gasteiger partial charge < -0.3 is 5.32 Å². The smallest absolute Gasteiger partial charge is 0.0500 e. The predicted molar refractivity (Wildman–Crippen MR) is 66.5 cm³/mol. The fraction of sp³-hybridized carbons (Fsp3) is 0.583. The van der Waals surface area contributed by atoms with E-state index in [4.69, 9.17) is 0 Å². The second-order valence-corrected chi connectivity index (χ2v) is 5.83. The molecule has 0 spiro atoms. The van der Waals surface area contributed by atoms with Crippen molar-refractivity contribution < 1.29 is 4.21 Å². The summed E-state index contributed by atoms with van der Waals surface area (Å²) in [6.07, 6.45) is 5.98. The van der Waals surface area contributed by atoms with E-state index in [1.165, 1.54) is 12.8 Å². The Bertz CT molecular complexity index is 336. The molecule has 2 atom stereocenters. The normalized spacial score (nSPS) is 22.9. The lowest BCUT2D eigenvalue weighted by atomic mass is 10.0. The Hall–Kier alpha value is -0.740. The molecule has 1 saturated heterocycles. The second-order valence-electron chi connectivity index (χ2n) is 4.32. The van der Waals surface area contributed by atoms with E-state index >= 15 is 0 Å². The van der Waals surface area contributed by atoms with Crippen LogP contribution in [0.1, 0.15) is 18.4 Å². The summed E-state index contributed by atoms with van der Waals surface area (Å²) >= 11 is 0. The van der Waals surface area contributed by atoms with Crippen LogP contribution in [0.2, 0.25) is 0 Å². The van der Waals surface area contributed by atoms with Gasteiger partial charge in [-0.25, -0.2) is 0 Å². The zero-order valence-corrected chi connectivity index (χ0v) is 10.2. The molecule has 0 aliphatic carbocycles. The largest absolute Gasteiger partial charge is 0.316 e. The van der Waals surface area contributed by atoms with Crippen LogP contribution in [0.15, 0.2) is 24.5 Å². The summed E-state index contributed by atoms with van der Waals surface area (Å²) in [6.45, 7) is 2.14. The lowest BCUT2D eigenvalue weighted by molar-refractivity contribution is 0.408. The van der Waals surface area contributed by atoms with E-state index in [1.807, 2.05) is 12.1 Å². The Kier molecular flexibility index (Phi) is 4.48. The number of hydrogen-bond donors (Lipinski definition) is 1. The molecule has 1 aliphatic heterocycles. The van der Waals surface area contributed by atoms with Crippen molar-refractivity contribution in [2.45, 2.75) is 18.6 Å². The van der Waals surface area contributed by atoms with Crippen molar-refractivity contribution >= 4 is 10.8 Å². The zero-order chi connectivity index (χ0) is 11.2. The van der Waals surface area contributed by atoms with Crippen LogP contribution in [0.5, 0.6) is 0 Å². The molecular weight excluding hydrogens is 220 g/mol. The monoisotopic (exact) mass is 238 g/mol. The highest BCUT2D eigenvalue weighted by Crippen LogP contribution is 2.13. The number of nitrogens with one attached hydrogen (secondary N) is 1. The maximum Gasteiger partial charge on any atom is 0.0500 e. The van der Waals surface area contributed by atoms with Crippen molar-refractivity contribution in [3.05, 3.63) is 30.1 Å². The Morgan fingerprint density at radius 2 is 2.50 bits per heavy atom. The van der Waals surface area contributed by atoms with E-state index in [1.54, 1.807) is 12.4 Å². The van der Waals surface area contributed by atoms with Gasteiger partial charge >= 0.3 is 0 Å². The molecule has 0 unspecified atom stereocenters. The molecular formula is C12H18N2OS. The predicted octanol–water partition coefficient (Wildman–Crippen LogP) is 1.33. The SMILES string of the molecule is O=[S@](Cc1cccnc1)C[C@H]1CCCNC1. The van der Waals surface area contributed by atoms with Crippen LogP contribution >= 0.6 is 0 Å². The van der Waals surface area contributed by atoms with Gasteiger partial charge in [0.1, 0.15) is 0 Å². The van der Waals surface area contributed by atoms with Gasteiger partial charge in [0.25, 0.3) is 0 Å². The number of rotatable bonds is 4. The Morgan fingerprint density at radius 1 is 1.56 bits per heavy atom. The lowest BCUT2D eigenvalue weighted by Crippen LogP contribution is -2.32. The van der Waals surface area contributed by atoms with Crippen molar-refractivity contribution in [1.29, 1.82) is 0 Å². The molecule has 2 rings (SSSR count). The third-order valence-corrected chi connectivity index (χ3v) is 4.37. The molecule has 88 valence electrons. The molecule has 1 fully saturated rings. The molecule has 1 aromatic heterocycles. The van der Waals surface area contributed by atoms with Gasteiger partial charge in [-0.1, -0.05) is 6.07 Å². The van der Waals surface area contributed by atoms with Crippen LogP contribution in [0.3, 0.4) is 0 Å². The molecule has 0 amide bonds. The Labute approximate surface area is 99.1 Å². The average molecular weight is 238 g/mol. The van der Waals surface area contributed by atoms with Gasteiger partial charge in [0.05, 0.1) is 5.75 Å². The van der Waals surface area contributed by atoms with Gasteiger partial charge in [-0.3, -0.25) is 9.19 Å². The summed E-state index contributed by atoms with van der Waals surface area (Å²) < 4.78 is 11.9. The van der Waals surface area contributed by atoms with Crippen LogP contribution in [0.4, 0.5) is 0 Å². The van der Waals surface area contributed by atoms with Crippen molar-refractivity contribution in [3.8, 4) is 0 Å². The highest BCUT2D eigenvalue weighted by atomic mass is 32.2. The number of piperidine rings is 1. The number of aromatic nitrogens is 1. The van der Waals surface area contributed by atoms with E-state index in [9.17, 15) is 4.21 Å². The van der Waals surface area contributed by atoms with Crippen molar-refractivity contribution in [1.82, 2.24) is 10.3 Å². The van der Waals surface area contributed by atoms with Crippen molar-refractivity contribution in [3.63, 3.8) is 0 Å². The highest BCUT2D eigenvalue weighted by molar-refractivity contribution is 7.84. The van der Waals surface area contributed by atoms with Crippen molar-refractivity contribution in [2.24, 2.45) is 5.92 Å². The molecule has 2 heterocycles. The first kappa shape index (κ1) is 11.7. The van der Waals surface area contributed by atoms with Gasteiger partial charge in [-0.2, -0.15) is 0 Å². The molecule has 16 heavy (non-hydrogen) atoms. The van der Waals surface area contributed by atoms with E-state index < -0.39 is 10.8 Å². The minimum atomic E-state index is -0.749. The summed E-state index contributed by atoms with van der Waals surface area (Å²) in [7, 11) is -0.749. The molecule has 0 saturated carbocycles. The Morgan fingerprint density at radius 3 is 3.19 bits per heavy atom. The molecule has 1 aliphatic rings. The topological polar surface area (TPSA) is 42.0 Å². The summed E-state index contributed by atoms with van der Waals surface area (Å²) in [6, 6.07) is 3.89. The van der Waals surface area contributed by atoms with Crippen LogP contribution in [0, 0.1) is 5.92 Å². The fourth-order valence-corrected chi connectivity index (χ4v) is 3.53. The first-order valence-corrected chi connectivity index (χ1v) is 7.28. The van der Waals surface area contributed by atoms with Crippen molar-refractivity contribution in [2.75, 3.05) is 18.8 Å². The Balaban J connectivity index is 1.80. The summed E-state index contributed by atoms with van der Waals surface area (Å²) in [5, 5.41) is 3.36. The summed E-state index contributed by atoms with van der Waals surface area (Å²) in [4.78, 5) is 4.04. The number of nitrogens with zero attached hydrogens (tertiary/aromatic N) is 1. The number of pyridine rings is 1. The van der Waals surface area contributed by atoms with Gasteiger partial charge in [0, 0.05) is 28.9 Å². The third kappa shape index (κ3) is 3.68. The lowest BCUT2D eigenvalue weighted by Gasteiger charge is -2.22. The molecule has 1 aromatic rings. The molecule has 0 aromatic carbocycles. The van der Waals surface area contributed by atoms with Gasteiger partial charge in [0.15, 0.2) is 0 Å². The van der Waals surface area contributed by atoms with Gasteiger partial charge in [-0.15, -0.1) is 0 Å². The van der Waals surface area contributed by atoms with E-state index in [-0.39, 0.29) is 0 Å². The summed E-state index contributed by atoms with van der Waals surface area (Å²) in [5.74, 6) is 2.05. The zero-order valence-electron chi connectivity index (χ0n) is 9.39. The minimum absolute atomic E-state index is 0.589. The van der Waals surface area contributed by atoms with E-state index in [2.05, 4.69) is 10.3 Å². The maximum atomic E-state index is 11.9. The number of hydrogen-bond acceptors (Lipinski definition) is 3. The minimum Gasteiger partial charge on any atom is -0.316 e. The maximum absolute atomic E-state index is 11.9. The van der Waals surface area contributed by atoms with E-state index in [0.717, 1.165) is 24.4 Å². The second kappa shape index (κ2) is 6.11. The van der Waals surface area contributed by atoms with Crippen LogP contribution < -0.4 is 5.32 Å². The molecule has 0 bridgehead atoms. The van der Waals surface area contributed by atoms with Crippen LogP contribution in [-0.2, 0) is 16.6 Å². The van der Waals surface area contributed by atoms with Gasteiger partial charge in [-0.05, 0) is 43.5 Å². The molecule has 0 radical (unpaired) electrons. The first-order valence-electron chi connectivity index (χ1n) is 5.79.